The molecule has 0 radical (unpaired) electrons. The van der Waals surface area contributed by atoms with E-state index in [1.54, 1.807) is 31.4 Å². The van der Waals surface area contributed by atoms with Gasteiger partial charge in [-0.05, 0) is 17.7 Å². The largest absolute Gasteiger partial charge is 0.491 e. The van der Waals surface area contributed by atoms with Gasteiger partial charge < -0.3 is 25.4 Å². The summed E-state index contributed by atoms with van der Waals surface area (Å²) in [5.41, 5.74) is 5.89. The molecule has 2 unspecified atom stereocenters. The molecular formula is C12H19NO4. The van der Waals surface area contributed by atoms with E-state index in [0.717, 1.165) is 0 Å². The molecule has 0 saturated heterocycles. The molecule has 0 saturated carbocycles. The fraction of sp³-hybridized carbons (Fsp3) is 0.500. The number of ether oxygens (including phenoxy) is 2. The van der Waals surface area contributed by atoms with Crippen LogP contribution in [0.25, 0.3) is 0 Å². The fourth-order valence-electron chi connectivity index (χ4n) is 1.36. The van der Waals surface area contributed by atoms with Gasteiger partial charge in [-0.2, -0.15) is 0 Å². The molecule has 0 amide bonds. The second-order valence-electron chi connectivity index (χ2n) is 3.66. The van der Waals surface area contributed by atoms with Crippen molar-refractivity contribution in [2.24, 2.45) is 5.73 Å². The van der Waals surface area contributed by atoms with Gasteiger partial charge in [0.15, 0.2) is 0 Å². The Morgan fingerprint density at radius 2 is 1.82 bits per heavy atom. The lowest BCUT2D eigenvalue weighted by Crippen LogP contribution is -2.27. The van der Waals surface area contributed by atoms with Crippen molar-refractivity contribution in [2.45, 2.75) is 12.2 Å². The summed E-state index contributed by atoms with van der Waals surface area (Å²) in [5.74, 6) is 0.695. The molecule has 0 aliphatic carbocycles. The lowest BCUT2D eigenvalue weighted by molar-refractivity contribution is 0.0243. The summed E-state index contributed by atoms with van der Waals surface area (Å²) >= 11 is 0. The second kappa shape index (κ2) is 7.24. The zero-order chi connectivity index (χ0) is 12.7. The molecule has 96 valence electrons. The van der Waals surface area contributed by atoms with Crippen LogP contribution in [-0.2, 0) is 4.74 Å². The van der Waals surface area contributed by atoms with Gasteiger partial charge in [0.2, 0.25) is 0 Å². The Morgan fingerprint density at radius 3 is 2.35 bits per heavy atom. The van der Waals surface area contributed by atoms with Crippen LogP contribution in [0.15, 0.2) is 24.3 Å². The van der Waals surface area contributed by atoms with E-state index < -0.39 is 12.2 Å². The molecule has 5 heteroatoms. The molecular weight excluding hydrogens is 222 g/mol. The monoisotopic (exact) mass is 241 g/mol. The predicted octanol–water partition coefficient (Wildman–Crippen LogP) is 0.0648. The highest BCUT2D eigenvalue weighted by Gasteiger charge is 2.16. The Labute approximate surface area is 101 Å². The van der Waals surface area contributed by atoms with Crippen LogP contribution in [0, 0.1) is 0 Å². The van der Waals surface area contributed by atoms with Gasteiger partial charge in [-0.15, -0.1) is 0 Å². The Morgan fingerprint density at radius 1 is 1.18 bits per heavy atom. The Hall–Kier alpha value is -1.14. The van der Waals surface area contributed by atoms with Crippen LogP contribution < -0.4 is 10.5 Å². The molecule has 0 aromatic heterocycles. The smallest absolute Gasteiger partial charge is 0.119 e. The molecule has 1 rings (SSSR count). The lowest BCUT2D eigenvalue weighted by Gasteiger charge is -2.16. The minimum atomic E-state index is -0.965. The standard InChI is InChI=1S/C12H19NO4/c1-16-6-7-17-10-4-2-9(3-5-10)12(15)11(14)8-13/h2-5,11-12,14-15H,6-8,13H2,1H3. The molecule has 4 N–H and O–H groups in total. The van der Waals surface area contributed by atoms with Gasteiger partial charge in [0, 0.05) is 13.7 Å². The lowest BCUT2D eigenvalue weighted by atomic mass is 10.0. The van der Waals surface area contributed by atoms with Gasteiger partial charge in [0.1, 0.15) is 18.5 Å². The molecule has 5 nitrogen and oxygen atoms in total. The third kappa shape index (κ3) is 4.32. The zero-order valence-electron chi connectivity index (χ0n) is 9.87. The van der Waals surface area contributed by atoms with E-state index in [4.69, 9.17) is 15.2 Å². The van der Waals surface area contributed by atoms with Crippen LogP contribution in [0.1, 0.15) is 11.7 Å². The molecule has 2 atom stereocenters. The first-order chi connectivity index (χ1) is 8.19. The van der Waals surface area contributed by atoms with Crippen molar-refractivity contribution in [3.63, 3.8) is 0 Å². The average Bonchev–Trinajstić information content (AvgIpc) is 2.38. The van der Waals surface area contributed by atoms with Crippen molar-refractivity contribution < 1.29 is 19.7 Å². The number of hydrogen-bond acceptors (Lipinski definition) is 5. The van der Waals surface area contributed by atoms with Crippen LogP contribution in [-0.4, -0.2) is 43.2 Å². The van der Waals surface area contributed by atoms with E-state index in [0.29, 0.717) is 24.5 Å². The first-order valence-electron chi connectivity index (χ1n) is 5.47. The first kappa shape index (κ1) is 13.9. The van der Waals surface area contributed by atoms with Crippen molar-refractivity contribution in [3.05, 3.63) is 29.8 Å². The maximum atomic E-state index is 9.70. The highest BCUT2D eigenvalue weighted by molar-refractivity contribution is 5.29. The molecule has 0 fully saturated rings. The minimum absolute atomic E-state index is 0.0211. The summed E-state index contributed by atoms with van der Waals surface area (Å²) in [6, 6.07) is 6.87. The van der Waals surface area contributed by atoms with Crippen molar-refractivity contribution in [3.8, 4) is 5.75 Å². The maximum absolute atomic E-state index is 9.70. The highest BCUT2D eigenvalue weighted by Crippen LogP contribution is 2.20. The highest BCUT2D eigenvalue weighted by atomic mass is 16.5. The third-order valence-corrected chi connectivity index (χ3v) is 2.38. The number of rotatable bonds is 7. The number of aliphatic hydroxyl groups excluding tert-OH is 2. The zero-order valence-corrected chi connectivity index (χ0v) is 9.87. The van der Waals surface area contributed by atoms with Crippen molar-refractivity contribution in [1.29, 1.82) is 0 Å². The summed E-state index contributed by atoms with van der Waals surface area (Å²) in [6.45, 7) is 1.02. The summed E-state index contributed by atoms with van der Waals surface area (Å²) in [4.78, 5) is 0. The van der Waals surface area contributed by atoms with Crippen LogP contribution in [0.4, 0.5) is 0 Å². The topological polar surface area (TPSA) is 84.9 Å². The summed E-state index contributed by atoms with van der Waals surface area (Å²) < 4.78 is 10.2. The Balaban J connectivity index is 2.55. The van der Waals surface area contributed by atoms with Crippen molar-refractivity contribution >= 4 is 0 Å². The van der Waals surface area contributed by atoms with E-state index in [-0.39, 0.29) is 6.54 Å². The molecule has 1 aromatic rings. The predicted molar refractivity (Wildman–Crippen MR) is 63.8 cm³/mol. The van der Waals surface area contributed by atoms with Crippen LogP contribution >= 0.6 is 0 Å². The molecule has 0 aliphatic rings. The average molecular weight is 241 g/mol. The van der Waals surface area contributed by atoms with Gasteiger partial charge in [-0.3, -0.25) is 0 Å². The summed E-state index contributed by atoms with van der Waals surface area (Å²) in [7, 11) is 1.61. The number of methoxy groups -OCH3 is 1. The van der Waals surface area contributed by atoms with Crippen LogP contribution in [0.5, 0.6) is 5.75 Å². The Kier molecular flexibility index (Phi) is 5.93. The van der Waals surface area contributed by atoms with E-state index in [1.165, 1.54) is 0 Å². The third-order valence-electron chi connectivity index (χ3n) is 2.38. The van der Waals surface area contributed by atoms with Crippen LogP contribution in [0.3, 0.4) is 0 Å². The number of aliphatic hydroxyl groups is 2. The number of nitrogens with two attached hydrogens (primary N) is 1. The van der Waals surface area contributed by atoms with Gasteiger partial charge >= 0.3 is 0 Å². The summed E-state index contributed by atoms with van der Waals surface area (Å²) in [6.07, 6.45) is -1.91. The maximum Gasteiger partial charge on any atom is 0.119 e. The number of benzene rings is 1. The van der Waals surface area contributed by atoms with Crippen molar-refractivity contribution in [2.75, 3.05) is 26.9 Å². The van der Waals surface area contributed by atoms with Gasteiger partial charge in [0.25, 0.3) is 0 Å². The molecule has 0 aliphatic heterocycles. The quantitative estimate of drug-likeness (QED) is 0.588. The summed E-state index contributed by atoms with van der Waals surface area (Å²) in [5, 5.41) is 19.1. The molecule has 1 aromatic carbocycles. The van der Waals surface area contributed by atoms with E-state index >= 15 is 0 Å². The van der Waals surface area contributed by atoms with Crippen molar-refractivity contribution in [1.82, 2.24) is 0 Å². The molecule has 0 spiro atoms. The molecule has 0 heterocycles. The SMILES string of the molecule is COCCOc1ccc(C(O)C(O)CN)cc1. The molecule has 0 bridgehead atoms. The van der Waals surface area contributed by atoms with Gasteiger partial charge in [-0.1, -0.05) is 12.1 Å². The van der Waals surface area contributed by atoms with Crippen LogP contribution in [0.2, 0.25) is 0 Å². The Bertz CT molecular complexity index is 315. The van der Waals surface area contributed by atoms with E-state index in [2.05, 4.69) is 0 Å². The van der Waals surface area contributed by atoms with E-state index in [9.17, 15) is 10.2 Å². The first-order valence-corrected chi connectivity index (χ1v) is 5.47. The normalized spacial score (nSPS) is 14.4. The molecule has 17 heavy (non-hydrogen) atoms. The minimum Gasteiger partial charge on any atom is -0.491 e. The fourth-order valence-corrected chi connectivity index (χ4v) is 1.36. The van der Waals surface area contributed by atoms with Gasteiger partial charge in [-0.25, -0.2) is 0 Å². The second-order valence-corrected chi connectivity index (χ2v) is 3.66. The number of hydrogen-bond donors (Lipinski definition) is 3. The van der Waals surface area contributed by atoms with E-state index in [1.807, 2.05) is 0 Å². The van der Waals surface area contributed by atoms with Gasteiger partial charge in [0.05, 0.1) is 12.7 Å².